The van der Waals surface area contributed by atoms with Crippen molar-refractivity contribution in [3.05, 3.63) is 29.3 Å². The topological polar surface area (TPSA) is 55.1 Å². The normalized spacial score (nSPS) is 17.7. The zero-order valence-electron chi connectivity index (χ0n) is 10.5. The van der Waals surface area contributed by atoms with Gasteiger partial charge in [-0.15, -0.1) is 0 Å². The molecule has 1 aromatic carbocycles. The highest BCUT2D eigenvalue weighted by Crippen LogP contribution is 2.36. The number of carbonyl (C=O) groups excluding carboxylic acids is 1. The molecule has 6 heteroatoms. The van der Waals surface area contributed by atoms with E-state index in [-0.39, 0.29) is 11.1 Å². The highest BCUT2D eigenvalue weighted by molar-refractivity contribution is 6.00. The van der Waals surface area contributed by atoms with Gasteiger partial charge in [0.2, 0.25) is 0 Å². The van der Waals surface area contributed by atoms with Gasteiger partial charge in [-0.3, -0.25) is 4.79 Å². The van der Waals surface area contributed by atoms with E-state index in [0.29, 0.717) is 0 Å². The number of benzene rings is 1. The number of hydrogen-bond donors (Lipinski definition) is 2. The second-order valence-corrected chi connectivity index (χ2v) is 5.13. The maximum atomic E-state index is 12.7. The van der Waals surface area contributed by atoms with E-state index in [1.54, 1.807) is 0 Å². The van der Waals surface area contributed by atoms with Gasteiger partial charge in [-0.05, 0) is 38.3 Å². The summed E-state index contributed by atoms with van der Waals surface area (Å²) in [6.07, 6.45) is -1.88. The van der Waals surface area contributed by atoms with Crippen LogP contribution in [0.3, 0.4) is 0 Å². The molecule has 0 aromatic heterocycles. The van der Waals surface area contributed by atoms with Crippen LogP contribution < -0.4 is 11.1 Å². The summed E-state index contributed by atoms with van der Waals surface area (Å²) in [5.41, 5.74) is 3.53. The molecule has 1 aromatic rings. The van der Waals surface area contributed by atoms with Crippen molar-refractivity contribution in [2.24, 2.45) is 0 Å². The molecule has 1 fully saturated rings. The molecular weight excluding hydrogens is 257 g/mol. The first-order chi connectivity index (χ1) is 8.73. The number of halogens is 3. The number of anilines is 1. The van der Waals surface area contributed by atoms with Crippen molar-refractivity contribution in [1.82, 2.24) is 5.32 Å². The lowest BCUT2D eigenvalue weighted by molar-refractivity contribution is -0.136. The van der Waals surface area contributed by atoms with Gasteiger partial charge in [-0.2, -0.15) is 13.2 Å². The van der Waals surface area contributed by atoms with Crippen molar-refractivity contribution in [1.29, 1.82) is 0 Å². The summed E-state index contributed by atoms with van der Waals surface area (Å²) in [5, 5.41) is 2.74. The Morgan fingerprint density at radius 2 is 2.00 bits per heavy atom. The van der Waals surface area contributed by atoms with Crippen LogP contribution in [-0.4, -0.2) is 11.4 Å². The lowest BCUT2D eigenvalue weighted by atomic mass is 9.78. The first-order valence-corrected chi connectivity index (χ1v) is 6.01. The van der Waals surface area contributed by atoms with Gasteiger partial charge in [0, 0.05) is 5.54 Å². The van der Waals surface area contributed by atoms with Crippen LogP contribution in [0.25, 0.3) is 0 Å². The fourth-order valence-electron chi connectivity index (χ4n) is 2.18. The zero-order chi connectivity index (χ0) is 14.3. The van der Waals surface area contributed by atoms with E-state index in [9.17, 15) is 18.0 Å². The fourth-order valence-corrected chi connectivity index (χ4v) is 2.18. The molecule has 0 saturated heterocycles. The van der Waals surface area contributed by atoms with Crippen molar-refractivity contribution >= 4 is 11.6 Å². The predicted octanol–water partition coefficient (Wildman–Crippen LogP) is 2.96. The lowest BCUT2D eigenvalue weighted by Gasteiger charge is -2.39. The summed E-state index contributed by atoms with van der Waals surface area (Å²) in [6.45, 7) is 1.87. The molecular formula is C13H15F3N2O. The van der Waals surface area contributed by atoms with E-state index in [1.807, 2.05) is 6.92 Å². The number of para-hydroxylation sites is 1. The van der Waals surface area contributed by atoms with Crippen LogP contribution in [0.15, 0.2) is 18.2 Å². The summed E-state index contributed by atoms with van der Waals surface area (Å²) < 4.78 is 38.1. The molecule has 0 spiro atoms. The molecule has 104 valence electrons. The SMILES string of the molecule is CC1(NC(=O)c2cccc(C(F)(F)F)c2N)CCC1. The van der Waals surface area contributed by atoms with Crippen LogP contribution >= 0.6 is 0 Å². The molecule has 0 heterocycles. The van der Waals surface area contributed by atoms with Gasteiger partial charge >= 0.3 is 6.18 Å². The van der Waals surface area contributed by atoms with Crippen molar-refractivity contribution in [2.75, 3.05) is 5.73 Å². The van der Waals surface area contributed by atoms with E-state index in [0.717, 1.165) is 25.3 Å². The van der Waals surface area contributed by atoms with Crippen LogP contribution in [0.1, 0.15) is 42.1 Å². The first-order valence-electron chi connectivity index (χ1n) is 6.01. The molecule has 0 aliphatic heterocycles. The standard InChI is InChI=1S/C13H15F3N2O/c1-12(6-3-7-12)18-11(19)8-4-2-5-9(10(8)17)13(14,15)16/h2,4-5H,3,6-7,17H2,1H3,(H,18,19). The Bertz CT molecular complexity index is 507. The first kappa shape index (κ1) is 13.7. The third-order valence-corrected chi connectivity index (χ3v) is 3.53. The number of nitrogens with one attached hydrogen (secondary N) is 1. The Labute approximate surface area is 109 Å². The third-order valence-electron chi connectivity index (χ3n) is 3.53. The van der Waals surface area contributed by atoms with Crippen molar-refractivity contribution in [3.63, 3.8) is 0 Å². The minimum absolute atomic E-state index is 0.122. The minimum atomic E-state index is -4.55. The summed E-state index contributed by atoms with van der Waals surface area (Å²) in [4.78, 5) is 12.0. The Morgan fingerprint density at radius 1 is 1.37 bits per heavy atom. The van der Waals surface area contributed by atoms with Gasteiger partial charge in [-0.25, -0.2) is 0 Å². The zero-order valence-corrected chi connectivity index (χ0v) is 10.5. The Kier molecular flexibility index (Phi) is 3.20. The fraction of sp³-hybridized carbons (Fsp3) is 0.462. The molecule has 0 unspecified atom stereocenters. The smallest absolute Gasteiger partial charge is 0.398 e. The van der Waals surface area contributed by atoms with E-state index in [2.05, 4.69) is 5.32 Å². The average Bonchev–Trinajstić information content (AvgIpc) is 2.25. The quantitative estimate of drug-likeness (QED) is 0.813. The van der Waals surface area contributed by atoms with Crippen molar-refractivity contribution in [2.45, 2.75) is 37.9 Å². The second-order valence-electron chi connectivity index (χ2n) is 5.13. The van der Waals surface area contributed by atoms with E-state index in [1.165, 1.54) is 12.1 Å². The average molecular weight is 272 g/mol. The molecule has 3 N–H and O–H groups in total. The van der Waals surface area contributed by atoms with Gasteiger partial charge in [0.1, 0.15) is 0 Å². The van der Waals surface area contributed by atoms with E-state index < -0.39 is 23.3 Å². The maximum Gasteiger partial charge on any atom is 0.418 e. The molecule has 0 atom stereocenters. The molecule has 2 rings (SSSR count). The maximum absolute atomic E-state index is 12.7. The van der Waals surface area contributed by atoms with E-state index in [4.69, 9.17) is 5.73 Å². The largest absolute Gasteiger partial charge is 0.418 e. The van der Waals surface area contributed by atoms with Gasteiger partial charge in [-0.1, -0.05) is 6.07 Å². The number of amides is 1. The Balaban J connectivity index is 2.27. The number of alkyl halides is 3. The molecule has 3 nitrogen and oxygen atoms in total. The number of carbonyl (C=O) groups is 1. The van der Waals surface area contributed by atoms with Gasteiger partial charge < -0.3 is 11.1 Å². The monoisotopic (exact) mass is 272 g/mol. The summed E-state index contributed by atoms with van der Waals surface area (Å²) in [7, 11) is 0. The Hall–Kier alpha value is -1.72. The minimum Gasteiger partial charge on any atom is -0.398 e. The van der Waals surface area contributed by atoms with Crippen LogP contribution in [-0.2, 0) is 6.18 Å². The second kappa shape index (κ2) is 4.43. The van der Waals surface area contributed by atoms with Crippen LogP contribution in [0.5, 0.6) is 0 Å². The molecule has 1 amide bonds. The predicted molar refractivity (Wildman–Crippen MR) is 65.6 cm³/mol. The number of nitrogen functional groups attached to an aromatic ring is 1. The summed E-state index contributed by atoms with van der Waals surface area (Å²) >= 11 is 0. The lowest BCUT2D eigenvalue weighted by Crippen LogP contribution is -2.51. The molecule has 1 aliphatic rings. The van der Waals surface area contributed by atoms with Gasteiger partial charge in [0.15, 0.2) is 0 Å². The summed E-state index contributed by atoms with van der Waals surface area (Å²) in [5.74, 6) is -0.550. The van der Waals surface area contributed by atoms with E-state index >= 15 is 0 Å². The van der Waals surface area contributed by atoms with Crippen molar-refractivity contribution in [3.8, 4) is 0 Å². The molecule has 0 bridgehead atoms. The Morgan fingerprint density at radius 3 is 2.47 bits per heavy atom. The number of hydrogen-bond acceptors (Lipinski definition) is 2. The van der Waals surface area contributed by atoms with Crippen LogP contribution in [0, 0.1) is 0 Å². The molecule has 0 radical (unpaired) electrons. The number of nitrogens with two attached hydrogens (primary N) is 1. The third kappa shape index (κ3) is 2.67. The highest BCUT2D eigenvalue weighted by Gasteiger charge is 2.36. The summed E-state index contributed by atoms with van der Waals surface area (Å²) in [6, 6.07) is 3.37. The molecule has 19 heavy (non-hydrogen) atoms. The number of rotatable bonds is 2. The van der Waals surface area contributed by atoms with Crippen LogP contribution in [0.2, 0.25) is 0 Å². The highest BCUT2D eigenvalue weighted by atomic mass is 19.4. The van der Waals surface area contributed by atoms with Crippen LogP contribution in [0.4, 0.5) is 18.9 Å². The molecule has 1 saturated carbocycles. The molecule has 1 aliphatic carbocycles. The van der Waals surface area contributed by atoms with Crippen molar-refractivity contribution < 1.29 is 18.0 Å². The van der Waals surface area contributed by atoms with Gasteiger partial charge in [0.25, 0.3) is 5.91 Å². The van der Waals surface area contributed by atoms with Gasteiger partial charge in [0.05, 0.1) is 16.8 Å².